The normalized spacial score (nSPS) is 11.0. The van der Waals surface area contributed by atoms with E-state index in [2.05, 4.69) is 75.4 Å². The summed E-state index contributed by atoms with van der Waals surface area (Å²) in [5.41, 5.74) is 23.6. The van der Waals surface area contributed by atoms with Gasteiger partial charge in [0.1, 0.15) is 0 Å². The zero-order valence-corrected chi connectivity index (χ0v) is 46.8. The molecule has 14 nitrogen and oxygen atoms in total. The number of aromatic nitrogens is 2. The molecule has 0 bridgehead atoms. The first-order valence-electron chi connectivity index (χ1n) is 26.6. The number of carbonyl (C=O) groups excluding carboxylic acids is 2. The Labute approximate surface area is 467 Å². The van der Waals surface area contributed by atoms with E-state index in [0.717, 1.165) is 94.2 Å². The fourth-order valence-corrected chi connectivity index (χ4v) is 9.67. The van der Waals surface area contributed by atoms with E-state index in [9.17, 15) is 9.59 Å². The maximum Gasteiger partial charge on any atom is 0.252 e. The molecule has 8 aromatic rings. The molecule has 8 N–H and O–H groups in total. The molecule has 8 rings (SSSR count). The summed E-state index contributed by atoms with van der Waals surface area (Å²) >= 11 is 12.3. The summed E-state index contributed by atoms with van der Waals surface area (Å²) in [4.78, 5) is 33.9. The van der Waals surface area contributed by atoms with Crippen molar-refractivity contribution in [3.8, 4) is 23.0 Å². The summed E-state index contributed by atoms with van der Waals surface area (Å²) in [5.74, 6) is 1.28. The Kier molecular flexibility index (Phi) is 21.3. The molecule has 0 aliphatic rings. The van der Waals surface area contributed by atoms with Gasteiger partial charge in [-0.05, 0) is 142 Å². The highest BCUT2D eigenvalue weighted by atomic mass is 35.5. The van der Waals surface area contributed by atoms with Crippen molar-refractivity contribution >= 4 is 79.6 Å². The number of nitrogens with one attached hydrogen (secondary N) is 4. The summed E-state index contributed by atoms with van der Waals surface area (Å²) in [6, 6.07) is 35.5. The van der Waals surface area contributed by atoms with Crippen LogP contribution >= 0.6 is 23.2 Å². The van der Waals surface area contributed by atoms with Gasteiger partial charge in [0, 0.05) is 69.8 Å². The molecule has 6 aromatic carbocycles. The summed E-state index contributed by atoms with van der Waals surface area (Å²) in [5, 5.41) is 17.1. The van der Waals surface area contributed by atoms with E-state index in [4.69, 9.17) is 53.6 Å². The highest BCUT2D eigenvalue weighted by molar-refractivity contribution is 6.31. The average molecular weight is 1090 g/mol. The van der Waals surface area contributed by atoms with Crippen LogP contribution in [0.2, 0.25) is 10.0 Å². The van der Waals surface area contributed by atoms with Gasteiger partial charge < -0.3 is 51.7 Å². The van der Waals surface area contributed by atoms with Crippen LogP contribution in [0.5, 0.6) is 23.0 Å². The van der Waals surface area contributed by atoms with Gasteiger partial charge in [0.15, 0.2) is 23.0 Å². The highest BCUT2D eigenvalue weighted by Crippen LogP contribution is 2.40. The maximum atomic E-state index is 12.4. The molecule has 0 aliphatic carbocycles. The second-order valence-electron chi connectivity index (χ2n) is 18.1. The first-order valence-corrected chi connectivity index (χ1v) is 27.4. The molecule has 0 spiro atoms. The van der Waals surface area contributed by atoms with E-state index in [-0.39, 0.29) is 0 Å². The lowest BCUT2D eigenvalue weighted by Gasteiger charge is -2.19. The lowest BCUT2D eigenvalue weighted by atomic mass is 10.0. The number of nitrogens with zero attached hydrogens (tertiary/aromatic N) is 2. The second-order valence-corrected chi connectivity index (χ2v) is 18.9. The first kappa shape index (κ1) is 58.1. The van der Waals surface area contributed by atoms with Crippen LogP contribution in [0.4, 0.5) is 22.7 Å². The summed E-state index contributed by atoms with van der Waals surface area (Å²) in [6.07, 6.45) is 6.39. The molecule has 0 fully saturated rings. The van der Waals surface area contributed by atoms with Gasteiger partial charge in [0.25, 0.3) is 11.8 Å². The minimum Gasteiger partial charge on any atom is -0.490 e. The molecule has 408 valence electrons. The molecular weight excluding hydrogens is 1020 g/mol. The van der Waals surface area contributed by atoms with E-state index in [0.29, 0.717) is 89.5 Å². The molecule has 0 radical (unpaired) electrons. The number of amides is 2. The number of nitrogens with two attached hydrogens (primary N) is 2. The number of rotatable bonds is 26. The van der Waals surface area contributed by atoms with Gasteiger partial charge in [-0.2, -0.15) is 0 Å². The maximum absolute atomic E-state index is 12.4. The largest absolute Gasteiger partial charge is 0.490 e. The van der Waals surface area contributed by atoms with Crippen LogP contribution in [-0.2, 0) is 38.8 Å². The quantitative estimate of drug-likeness (QED) is 0.0281. The Hall–Kier alpha value is -7.62. The van der Waals surface area contributed by atoms with Gasteiger partial charge in [-0.1, -0.05) is 91.6 Å². The van der Waals surface area contributed by atoms with Crippen LogP contribution in [0.25, 0.3) is 21.8 Å². The monoisotopic (exact) mass is 1090 g/mol. The molecular formula is C62H70Cl2N8O6. The molecule has 16 heteroatoms. The number of primary amides is 2. The van der Waals surface area contributed by atoms with E-state index >= 15 is 0 Å². The number of hydrogen-bond donors (Lipinski definition) is 6. The fourth-order valence-electron chi connectivity index (χ4n) is 9.31. The molecule has 0 atom stereocenters. The second kappa shape index (κ2) is 28.7. The molecule has 78 heavy (non-hydrogen) atoms. The van der Waals surface area contributed by atoms with Crippen LogP contribution in [0.3, 0.4) is 0 Å². The number of benzene rings is 6. The predicted octanol–water partition coefficient (Wildman–Crippen LogP) is 12.8. The summed E-state index contributed by atoms with van der Waals surface area (Å²) < 4.78 is 23.2. The predicted molar refractivity (Wildman–Crippen MR) is 317 cm³/mol. The van der Waals surface area contributed by atoms with Crippen molar-refractivity contribution in [3.63, 3.8) is 0 Å². The number of hydrogen-bond acceptors (Lipinski definition) is 12. The summed E-state index contributed by atoms with van der Waals surface area (Å²) in [7, 11) is 0. The van der Waals surface area contributed by atoms with Crippen molar-refractivity contribution in [2.75, 3.05) is 50.2 Å². The zero-order chi connectivity index (χ0) is 55.6. The molecule has 0 saturated carbocycles. The third-order valence-corrected chi connectivity index (χ3v) is 13.7. The van der Waals surface area contributed by atoms with Crippen LogP contribution < -0.4 is 51.7 Å². The lowest BCUT2D eigenvalue weighted by molar-refractivity contribution is 0.0992. The molecule has 2 amide bonds. The van der Waals surface area contributed by atoms with Crippen LogP contribution in [0.1, 0.15) is 95.6 Å². The van der Waals surface area contributed by atoms with Crippen molar-refractivity contribution < 1.29 is 28.5 Å². The topological polar surface area (TPSA) is 197 Å². The molecule has 2 aromatic heterocycles. The fraction of sp³-hybridized carbons (Fsp3) is 0.290. The minimum absolute atomic E-state index is 0.305. The van der Waals surface area contributed by atoms with Gasteiger partial charge in [-0.3, -0.25) is 19.6 Å². The number of ether oxygens (including phenoxy) is 4. The Morgan fingerprint density at radius 2 is 0.936 bits per heavy atom. The number of fused-ring (bicyclic) bond motifs is 2. The zero-order valence-electron chi connectivity index (χ0n) is 45.3. The molecule has 2 heterocycles. The SMILES string of the molecule is CCOc1cc2ncc(C(N)=O)c(Nc3cccc(CNCCc4ccc(Cl)cc4)c3CC)c2cc1OCC.CCOc1cc2ncc(C(N)=O)c(Nc3cccc(CNCCc4ccccc4Cl)c3CC)c2cc1OCC. The van der Waals surface area contributed by atoms with Crippen molar-refractivity contribution in [3.05, 3.63) is 176 Å². The van der Waals surface area contributed by atoms with Gasteiger partial charge in [-0.15, -0.1) is 0 Å². The van der Waals surface area contributed by atoms with E-state index in [1.54, 1.807) is 0 Å². The average Bonchev–Trinajstić information content (AvgIpc) is 3.43. The van der Waals surface area contributed by atoms with Crippen LogP contribution in [0, 0.1) is 0 Å². The number of halogens is 2. The third kappa shape index (κ3) is 14.7. The van der Waals surface area contributed by atoms with E-state index < -0.39 is 11.8 Å². The van der Waals surface area contributed by atoms with Crippen molar-refractivity contribution in [1.29, 1.82) is 0 Å². The molecule has 0 saturated heterocycles. The standard InChI is InChI=1S/2C31H35ClN4O3/c1-4-22-21(18-34-15-14-20-10-7-8-12-25(20)32)11-9-13-26(22)36-30-23-16-28(38-5-2)29(39-6-3)17-27(23)35-19-24(30)31(33)37;1-4-23-21(18-34-15-14-20-10-12-22(32)13-11-20)8-7-9-26(23)36-30-24-16-28(38-5-2)29(39-6-3)17-27(24)35-19-25(30)31(33)37/h2*7-13,16-17,19,34H,4-6,14-15,18H2,1-3H3,(H2,33,37)(H,35,36). The highest BCUT2D eigenvalue weighted by Gasteiger charge is 2.21. The lowest BCUT2D eigenvalue weighted by Crippen LogP contribution is -2.18. The van der Waals surface area contributed by atoms with E-state index in [1.807, 2.05) is 107 Å². The summed E-state index contributed by atoms with van der Waals surface area (Å²) in [6.45, 7) is 16.9. The van der Waals surface area contributed by atoms with Crippen LogP contribution in [0.15, 0.2) is 122 Å². The van der Waals surface area contributed by atoms with Gasteiger partial charge in [-0.25, -0.2) is 0 Å². The van der Waals surface area contributed by atoms with Crippen molar-refractivity contribution in [2.45, 2.75) is 80.3 Å². The Balaban J connectivity index is 0.000000226. The van der Waals surface area contributed by atoms with Crippen molar-refractivity contribution in [2.24, 2.45) is 11.5 Å². The van der Waals surface area contributed by atoms with Gasteiger partial charge >= 0.3 is 0 Å². The molecule has 0 aliphatic heterocycles. The van der Waals surface area contributed by atoms with Gasteiger partial charge in [0.05, 0.1) is 60.0 Å². The number of pyridine rings is 2. The Morgan fingerprint density at radius 3 is 1.36 bits per heavy atom. The van der Waals surface area contributed by atoms with Crippen LogP contribution in [-0.4, -0.2) is 61.3 Å². The third-order valence-electron chi connectivity index (χ3n) is 13.0. The van der Waals surface area contributed by atoms with E-state index in [1.165, 1.54) is 29.1 Å². The van der Waals surface area contributed by atoms with Crippen molar-refractivity contribution in [1.82, 2.24) is 20.6 Å². The number of carbonyl (C=O) groups is 2. The molecule has 0 unspecified atom stereocenters. The smallest absolute Gasteiger partial charge is 0.252 e. The Morgan fingerprint density at radius 1 is 0.513 bits per heavy atom. The van der Waals surface area contributed by atoms with Gasteiger partial charge in [0.2, 0.25) is 0 Å². The number of anilines is 4. The minimum atomic E-state index is -0.561. The Bertz CT molecular complexity index is 3340. The first-order chi connectivity index (χ1) is 37.9.